The number of nitrogens with zero attached hydrogens (tertiary/aromatic N) is 3. The van der Waals surface area contributed by atoms with Gasteiger partial charge in [0.25, 0.3) is 6.01 Å². The third kappa shape index (κ3) is 3.10. The first-order chi connectivity index (χ1) is 11.7. The SMILES string of the molecule is Fc1cc(F)cc(CN2CCN(c3nc4ccccc4o3)CC2)c1. The maximum absolute atomic E-state index is 13.3. The summed E-state index contributed by atoms with van der Waals surface area (Å²) in [7, 11) is 0. The van der Waals surface area contributed by atoms with E-state index in [1.54, 1.807) is 0 Å². The first kappa shape index (κ1) is 15.1. The summed E-state index contributed by atoms with van der Waals surface area (Å²) in [6.45, 7) is 3.65. The van der Waals surface area contributed by atoms with E-state index in [0.29, 0.717) is 18.1 Å². The van der Waals surface area contributed by atoms with E-state index < -0.39 is 11.6 Å². The lowest BCUT2D eigenvalue weighted by atomic mass is 10.2. The summed E-state index contributed by atoms with van der Waals surface area (Å²) >= 11 is 0. The fourth-order valence-electron chi connectivity index (χ4n) is 3.05. The van der Waals surface area contributed by atoms with Gasteiger partial charge in [-0.3, -0.25) is 4.90 Å². The molecule has 1 aliphatic heterocycles. The predicted octanol–water partition coefficient (Wildman–Crippen LogP) is 3.43. The predicted molar refractivity (Wildman–Crippen MR) is 87.9 cm³/mol. The van der Waals surface area contributed by atoms with Gasteiger partial charge in [0.05, 0.1) is 0 Å². The van der Waals surface area contributed by atoms with Crippen molar-refractivity contribution in [1.82, 2.24) is 9.88 Å². The van der Waals surface area contributed by atoms with Crippen LogP contribution < -0.4 is 4.90 Å². The highest BCUT2D eigenvalue weighted by molar-refractivity contribution is 5.74. The number of fused-ring (bicyclic) bond motifs is 1. The number of benzene rings is 2. The van der Waals surface area contributed by atoms with Crippen molar-refractivity contribution in [3.63, 3.8) is 0 Å². The molecule has 0 aliphatic carbocycles. The number of oxazole rings is 1. The van der Waals surface area contributed by atoms with Crippen molar-refractivity contribution >= 4 is 17.1 Å². The second-order valence-electron chi connectivity index (χ2n) is 6.01. The van der Waals surface area contributed by atoms with Crippen LogP contribution in [0, 0.1) is 11.6 Å². The van der Waals surface area contributed by atoms with E-state index in [1.807, 2.05) is 24.3 Å². The van der Waals surface area contributed by atoms with Crippen LogP contribution in [-0.4, -0.2) is 36.1 Å². The minimum Gasteiger partial charge on any atom is -0.423 e. The fraction of sp³-hybridized carbons (Fsp3) is 0.278. The lowest BCUT2D eigenvalue weighted by Gasteiger charge is -2.33. The van der Waals surface area contributed by atoms with Gasteiger partial charge < -0.3 is 9.32 Å². The molecule has 24 heavy (non-hydrogen) atoms. The molecule has 0 unspecified atom stereocenters. The number of rotatable bonds is 3. The summed E-state index contributed by atoms with van der Waals surface area (Å²) in [6.07, 6.45) is 0. The number of aromatic nitrogens is 1. The van der Waals surface area contributed by atoms with E-state index in [4.69, 9.17) is 4.42 Å². The summed E-state index contributed by atoms with van der Waals surface area (Å²) in [6, 6.07) is 12.0. The van der Waals surface area contributed by atoms with Crippen LogP contribution in [0.15, 0.2) is 46.9 Å². The van der Waals surface area contributed by atoms with Crippen molar-refractivity contribution in [3.05, 3.63) is 59.7 Å². The molecule has 4 rings (SSSR count). The third-order valence-electron chi connectivity index (χ3n) is 4.25. The summed E-state index contributed by atoms with van der Waals surface area (Å²) in [5.74, 6) is -1.06. The molecule has 2 heterocycles. The molecule has 6 heteroatoms. The van der Waals surface area contributed by atoms with Crippen molar-refractivity contribution in [3.8, 4) is 0 Å². The molecular weight excluding hydrogens is 312 g/mol. The maximum atomic E-state index is 13.3. The van der Waals surface area contributed by atoms with Crippen LogP contribution in [0.2, 0.25) is 0 Å². The molecule has 124 valence electrons. The summed E-state index contributed by atoms with van der Waals surface area (Å²) in [5, 5.41) is 0. The lowest BCUT2D eigenvalue weighted by Crippen LogP contribution is -2.46. The zero-order chi connectivity index (χ0) is 16.5. The highest BCUT2D eigenvalue weighted by Crippen LogP contribution is 2.23. The van der Waals surface area contributed by atoms with Gasteiger partial charge in [-0.15, -0.1) is 0 Å². The van der Waals surface area contributed by atoms with Crippen LogP contribution in [0.4, 0.5) is 14.8 Å². The molecule has 0 atom stereocenters. The topological polar surface area (TPSA) is 32.5 Å². The Kier molecular flexibility index (Phi) is 3.90. The van der Waals surface area contributed by atoms with Gasteiger partial charge in [0.2, 0.25) is 0 Å². The number of piperazine rings is 1. The van der Waals surface area contributed by atoms with Gasteiger partial charge in [0.1, 0.15) is 17.2 Å². The quantitative estimate of drug-likeness (QED) is 0.737. The average molecular weight is 329 g/mol. The number of hydrogen-bond acceptors (Lipinski definition) is 4. The Labute approximate surface area is 138 Å². The van der Waals surface area contributed by atoms with Crippen molar-refractivity contribution in [1.29, 1.82) is 0 Å². The molecule has 0 spiro atoms. The largest absolute Gasteiger partial charge is 0.423 e. The van der Waals surface area contributed by atoms with Gasteiger partial charge in [-0.25, -0.2) is 8.78 Å². The number of anilines is 1. The second-order valence-corrected chi connectivity index (χ2v) is 6.01. The molecule has 1 aromatic heterocycles. The van der Waals surface area contributed by atoms with Gasteiger partial charge in [-0.2, -0.15) is 4.98 Å². The molecule has 3 aromatic rings. The van der Waals surface area contributed by atoms with E-state index in [2.05, 4.69) is 14.8 Å². The Morgan fingerprint density at radius 3 is 2.38 bits per heavy atom. The molecule has 2 aromatic carbocycles. The smallest absolute Gasteiger partial charge is 0.298 e. The van der Waals surface area contributed by atoms with Crippen molar-refractivity contribution in [2.45, 2.75) is 6.54 Å². The standard InChI is InChI=1S/C18H17F2N3O/c19-14-9-13(10-15(20)11-14)12-22-5-7-23(8-6-22)18-21-16-3-1-2-4-17(16)24-18/h1-4,9-11H,5-8,12H2. The van der Waals surface area contributed by atoms with E-state index >= 15 is 0 Å². The Hall–Kier alpha value is -2.47. The number of hydrogen-bond donors (Lipinski definition) is 0. The minimum atomic E-state index is -0.532. The van der Waals surface area contributed by atoms with E-state index in [9.17, 15) is 8.78 Å². The van der Waals surface area contributed by atoms with Crippen molar-refractivity contribution < 1.29 is 13.2 Å². The molecule has 1 saturated heterocycles. The van der Waals surface area contributed by atoms with Crippen LogP contribution in [0.25, 0.3) is 11.1 Å². The summed E-state index contributed by atoms with van der Waals surface area (Å²) in [4.78, 5) is 8.78. The van der Waals surface area contributed by atoms with Crippen molar-refractivity contribution in [2.75, 3.05) is 31.1 Å². The zero-order valence-electron chi connectivity index (χ0n) is 13.1. The molecule has 0 N–H and O–H groups in total. The molecule has 0 bridgehead atoms. The Morgan fingerprint density at radius 2 is 1.67 bits per heavy atom. The third-order valence-corrected chi connectivity index (χ3v) is 4.25. The van der Waals surface area contributed by atoms with Gasteiger partial charge in [-0.05, 0) is 29.8 Å². The first-order valence-corrected chi connectivity index (χ1v) is 7.95. The van der Waals surface area contributed by atoms with Crippen LogP contribution in [0.5, 0.6) is 0 Å². The summed E-state index contributed by atoms with van der Waals surface area (Å²) < 4.78 is 32.3. The molecule has 1 fully saturated rings. The van der Waals surface area contributed by atoms with Crippen molar-refractivity contribution in [2.24, 2.45) is 0 Å². The molecule has 1 aliphatic rings. The van der Waals surface area contributed by atoms with E-state index in [0.717, 1.165) is 43.3 Å². The highest BCUT2D eigenvalue weighted by Gasteiger charge is 2.21. The Morgan fingerprint density at radius 1 is 0.958 bits per heavy atom. The highest BCUT2D eigenvalue weighted by atomic mass is 19.1. The van der Waals surface area contributed by atoms with E-state index in [-0.39, 0.29) is 0 Å². The molecule has 0 amide bonds. The number of halogens is 2. The number of para-hydroxylation sites is 2. The van der Waals surface area contributed by atoms with Gasteiger partial charge in [0.15, 0.2) is 5.58 Å². The van der Waals surface area contributed by atoms with Crippen LogP contribution in [0.3, 0.4) is 0 Å². The van der Waals surface area contributed by atoms with Gasteiger partial charge in [-0.1, -0.05) is 12.1 Å². The summed E-state index contributed by atoms with van der Waals surface area (Å²) in [5.41, 5.74) is 2.29. The maximum Gasteiger partial charge on any atom is 0.298 e. The van der Waals surface area contributed by atoms with Crippen LogP contribution in [-0.2, 0) is 6.54 Å². The van der Waals surface area contributed by atoms with Crippen LogP contribution in [0.1, 0.15) is 5.56 Å². The molecular formula is C18H17F2N3O. The van der Waals surface area contributed by atoms with Crippen LogP contribution >= 0.6 is 0 Å². The fourth-order valence-corrected chi connectivity index (χ4v) is 3.05. The molecule has 4 nitrogen and oxygen atoms in total. The van der Waals surface area contributed by atoms with Gasteiger partial charge in [0, 0.05) is 38.8 Å². The minimum absolute atomic E-state index is 0.532. The Bertz CT molecular complexity index is 803. The second kappa shape index (κ2) is 6.20. The monoisotopic (exact) mass is 329 g/mol. The lowest BCUT2D eigenvalue weighted by molar-refractivity contribution is 0.245. The molecule has 0 saturated carbocycles. The zero-order valence-corrected chi connectivity index (χ0v) is 13.1. The van der Waals surface area contributed by atoms with Gasteiger partial charge >= 0.3 is 0 Å². The van der Waals surface area contributed by atoms with E-state index in [1.165, 1.54) is 12.1 Å². The molecule has 0 radical (unpaired) electrons. The average Bonchev–Trinajstić information content (AvgIpc) is 2.98. The normalized spacial score (nSPS) is 16.0. The first-order valence-electron chi connectivity index (χ1n) is 7.95. The Balaban J connectivity index is 1.41.